The summed E-state index contributed by atoms with van der Waals surface area (Å²) >= 11 is 3.13. The molecule has 1 heterocycles. The van der Waals surface area contributed by atoms with Gasteiger partial charge >= 0.3 is 6.03 Å². The van der Waals surface area contributed by atoms with Gasteiger partial charge < -0.3 is 5.32 Å². The lowest BCUT2D eigenvalue weighted by molar-refractivity contribution is 0.262. The average Bonchev–Trinajstić information content (AvgIpc) is 2.35. The zero-order chi connectivity index (χ0) is 13.0. The zero-order valence-electron chi connectivity index (χ0n) is 9.02. The van der Waals surface area contributed by atoms with Gasteiger partial charge in [-0.2, -0.15) is 0 Å². The first-order valence-corrected chi connectivity index (χ1v) is 5.74. The maximum atomic E-state index is 12.7. The SMILES string of the molecule is O=C(Nc1ccc(F)cc1)Nc1cnc(Br)cn1. The summed E-state index contributed by atoms with van der Waals surface area (Å²) in [6.07, 6.45) is 2.88. The monoisotopic (exact) mass is 310 g/mol. The van der Waals surface area contributed by atoms with Crippen molar-refractivity contribution >= 4 is 33.5 Å². The van der Waals surface area contributed by atoms with Crippen LogP contribution < -0.4 is 10.6 Å². The summed E-state index contributed by atoms with van der Waals surface area (Å²) in [6, 6.07) is 4.97. The van der Waals surface area contributed by atoms with E-state index in [0.29, 0.717) is 16.1 Å². The quantitative estimate of drug-likeness (QED) is 0.896. The van der Waals surface area contributed by atoms with E-state index in [0.717, 1.165) is 0 Å². The molecule has 0 radical (unpaired) electrons. The van der Waals surface area contributed by atoms with E-state index in [4.69, 9.17) is 0 Å². The largest absolute Gasteiger partial charge is 0.324 e. The third kappa shape index (κ3) is 3.49. The van der Waals surface area contributed by atoms with Crippen LogP contribution in [0.1, 0.15) is 0 Å². The number of rotatable bonds is 2. The molecule has 2 aromatic rings. The van der Waals surface area contributed by atoms with Crippen LogP contribution in [-0.2, 0) is 0 Å². The molecule has 0 atom stereocenters. The highest BCUT2D eigenvalue weighted by Gasteiger charge is 2.03. The van der Waals surface area contributed by atoms with Crippen LogP contribution >= 0.6 is 15.9 Å². The van der Waals surface area contributed by atoms with Gasteiger partial charge in [-0.1, -0.05) is 0 Å². The first kappa shape index (κ1) is 12.4. The van der Waals surface area contributed by atoms with Crippen LogP contribution in [0.4, 0.5) is 20.7 Å². The molecule has 92 valence electrons. The summed E-state index contributed by atoms with van der Waals surface area (Å²) in [5.41, 5.74) is 0.485. The zero-order valence-corrected chi connectivity index (χ0v) is 10.6. The highest BCUT2D eigenvalue weighted by Crippen LogP contribution is 2.10. The highest BCUT2D eigenvalue weighted by molar-refractivity contribution is 9.10. The van der Waals surface area contributed by atoms with Crippen molar-refractivity contribution < 1.29 is 9.18 Å². The number of nitrogens with zero attached hydrogens (tertiary/aromatic N) is 2. The van der Waals surface area contributed by atoms with Gasteiger partial charge in [0.15, 0.2) is 5.82 Å². The first-order chi connectivity index (χ1) is 8.63. The van der Waals surface area contributed by atoms with E-state index < -0.39 is 6.03 Å². The molecule has 0 saturated carbocycles. The Morgan fingerprint density at radius 1 is 1.11 bits per heavy atom. The number of urea groups is 1. The van der Waals surface area contributed by atoms with Crippen molar-refractivity contribution in [2.45, 2.75) is 0 Å². The number of nitrogens with one attached hydrogen (secondary N) is 2. The van der Waals surface area contributed by atoms with Crippen LogP contribution in [0.25, 0.3) is 0 Å². The van der Waals surface area contributed by atoms with Crippen molar-refractivity contribution in [3.63, 3.8) is 0 Å². The van der Waals surface area contributed by atoms with Crippen LogP contribution in [-0.4, -0.2) is 16.0 Å². The molecule has 1 aromatic heterocycles. The van der Waals surface area contributed by atoms with Gasteiger partial charge in [0.1, 0.15) is 10.4 Å². The Hall–Kier alpha value is -2.02. The maximum absolute atomic E-state index is 12.7. The molecule has 2 N–H and O–H groups in total. The van der Waals surface area contributed by atoms with Crippen LogP contribution in [0.15, 0.2) is 41.3 Å². The minimum atomic E-state index is -0.474. The minimum Gasteiger partial charge on any atom is -0.308 e. The minimum absolute atomic E-state index is 0.317. The average molecular weight is 311 g/mol. The number of amides is 2. The molecular formula is C11H8BrFN4O. The molecule has 0 spiro atoms. The number of carbonyl (C=O) groups is 1. The van der Waals surface area contributed by atoms with Gasteiger partial charge in [0.25, 0.3) is 0 Å². The molecule has 7 heteroatoms. The molecule has 0 bridgehead atoms. The lowest BCUT2D eigenvalue weighted by atomic mass is 10.3. The second-order valence-corrected chi connectivity index (χ2v) is 4.12. The molecule has 5 nitrogen and oxygen atoms in total. The Balaban J connectivity index is 1.96. The molecule has 0 saturated heterocycles. The summed E-state index contributed by atoms with van der Waals surface area (Å²) < 4.78 is 13.2. The fraction of sp³-hybridized carbons (Fsp3) is 0. The van der Waals surface area contributed by atoms with Gasteiger partial charge in [-0.15, -0.1) is 0 Å². The number of carbonyl (C=O) groups excluding carboxylic acids is 1. The van der Waals surface area contributed by atoms with Gasteiger partial charge in [0.05, 0.1) is 12.4 Å². The third-order valence-corrected chi connectivity index (χ3v) is 2.37. The summed E-state index contributed by atoms with van der Waals surface area (Å²) in [4.78, 5) is 19.4. The molecule has 2 amide bonds. The Kier molecular flexibility index (Phi) is 3.83. The highest BCUT2D eigenvalue weighted by atomic mass is 79.9. The van der Waals surface area contributed by atoms with Gasteiger partial charge in [0.2, 0.25) is 0 Å². The molecule has 0 fully saturated rings. The number of benzene rings is 1. The predicted molar refractivity (Wildman–Crippen MR) is 68.8 cm³/mol. The van der Waals surface area contributed by atoms with Crippen molar-refractivity contribution in [1.29, 1.82) is 0 Å². The standard InChI is InChI=1S/C11H8BrFN4O/c12-9-5-15-10(6-14-9)17-11(18)16-8-3-1-7(13)2-4-8/h1-6H,(H2,15,16,17,18). The molecule has 1 aromatic carbocycles. The number of hydrogen-bond donors (Lipinski definition) is 2. The third-order valence-electron chi connectivity index (χ3n) is 1.96. The Morgan fingerprint density at radius 2 is 1.83 bits per heavy atom. The Morgan fingerprint density at radius 3 is 2.44 bits per heavy atom. The number of hydrogen-bond acceptors (Lipinski definition) is 3. The van der Waals surface area contributed by atoms with Crippen molar-refractivity contribution in [2.75, 3.05) is 10.6 Å². The topological polar surface area (TPSA) is 66.9 Å². The molecule has 0 unspecified atom stereocenters. The molecule has 2 rings (SSSR count). The lowest BCUT2D eigenvalue weighted by Crippen LogP contribution is -2.20. The van der Waals surface area contributed by atoms with Crippen LogP contribution in [0.3, 0.4) is 0 Å². The molecule has 0 aliphatic carbocycles. The van der Waals surface area contributed by atoms with E-state index >= 15 is 0 Å². The van der Waals surface area contributed by atoms with Gasteiger partial charge in [0, 0.05) is 5.69 Å². The van der Waals surface area contributed by atoms with E-state index in [1.165, 1.54) is 36.7 Å². The summed E-state index contributed by atoms with van der Waals surface area (Å²) in [7, 11) is 0. The van der Waals surface area contributed by atoms with Gasteiger partial charge in [-0.3, -0.25) is 5.32 Å². The summed E-state index contributed by atoms with van der Waals surface area (Å²) in [5, 5.41) is 5.03. The first-order valence-electron chi connectivity index (χ1n) is 4.94. The van der Waals surface area contributed by atoms with E-state index in [9.17, 15) is 9.18 Å². The van der Waals surface area contributed by atoms with Gasteiger partial charge in [-0.25, -0.2) is 19.2 Å². The van der Waals surface area contributed by atoms with Crippen LogP contribution in [0.5, 0.6) is 0 Å². The molecule has 18 heavy (non-hydrogen) atoms. The number of anilines is 2. The summed E-state index contributed by atoms with van der Waals surface area (Å²) in [6.45, 7) is 0. The van der Waals surface area contributed by atoms with Crippen LogP contribution in [0.2, 0.25) is 0 Å². The Labute approximate surface area is 111 Å². The normalized spacial score (nSPS) is 9.89. The molecule has 0 aliphatic rings. The lowest BCUT2D eigenvalue weighted by Gasteiger charge is -2.06. The fourth-order valence-corrected chi connectivity index (χ4v) is 1.39. The fourth-order valence-electron chi connectivity index (χ4n) is 1.19. The number of aromatic nitrogens is 2. The van der Waals surface area contributed by atoms with E-state index in [1.807, 2.05) is 0 Å². The predicted octanol–water partition coefficient (Wildman–Crippen LogP) is 3.02. The second-order valence-electron chi connectivity index (χ2n) is 3.31. The van der Waals surface area contributed by atoms with E-state index in [1.54, 1.807) is 0 Å². The van der Waals surface area contributed by atoms with E-state index in [2.05, 4.69) is 36.5 Å². The van der Waals surface area contributed by atoms with Crippen molar-refractivity contribution in [2.24, 2.45) is 0 Å². The smallest absolute Gasteiger partial charge is 0.308 e. The van der Waals surface area contributed by atoms with Crippen molar-refractivity contribution in [1.82, 2.24) is 9.97 Å². The maximum Gasteiger partial charge on any atom is 0.324 e. The summed E-state index contributed by atoms with van der Waals surface area (Å²) in [5.74, 6) is -0.0439. The van der Waals surface area contributed by atoms with Crippen molar-refractivity contribution in [3.8, 4) is 0 Å². The van der Waals surface area contributed by atoms with Crippen molar-refractivity contribution in [3.05, 3.63) is 47.1 Å². The molecular weight excluding hydrogens is 303 g/mol. The Bertz CT molecular complexity index is 494. The molecule has 0 aliphatic heterocycles. The van der Waals surface area contributed by atoms with Crippen LogP contribution in [0, 0.1) is 5.82 Å². The second kappa shape index (κ2) is 5.54. The number of halogens is 2. The van der Waals surface area contributed by atoms with E-state index in [-0.39, 0.29) is 5.82 Å². The van der Waals surface area contributed by atoms with Gasteiger partial charge in [-0.05, 0) is 40.2 Å².